The smallest absolute Gasteiger partial charge is 0.0359 e. The van der Waals surface area contributed by atoms with E-state index in [0.29, 0.717) is 0 Å². The number of halogens is 2. The van der Waals surface area contributed by atoms with E-state index >= 15 is 0 Å². The Morgan fingerprint density at radius 2 is 1.82 bits per heavy atom. The molecule has 0 bridgehead atoms. The van der Waals surface area contributed by atoms with Gasteiger partial charge in [0.05, 0.1) is 0 Å². The van der Waals surface area contributed by atoms with Crippen molar-refractivity contribution < 1.29 is 0 Å². The molecule has 1 rings (SSSR count). The lowest BCUT2D eigenvalue weighted by Gasteiger charge is -2.00. The first-order chi connectivity index (χ1) is 5.33. The zero-order valence-electron chi connectivity index (χ0n) is 5.77. The van der Waals surface area contributed by atoms with Crippen LogP contribution >= 0.6 is 32.1 Å². The number of benzene rings is 1. The van der Waals surface area contributed by atoms with E-state index in [1.165, 1.54) is 5.56 Å². The molecule has 0 heterocycles. The summed E-state index contributed by atoms with van der Waals surface area (Å²) in [5.41, 5.74) is 4.17. The van der Waals surface area contributed by atoms with Crippen molar-refractivity contribution in [1.82, 2.24) is 9.88 Å². The highest BCUT2D eigenvalue weighted by molar-refractivity contribution is 9.10. The van der Waals surface area contributed by atoms with Gasteiger partial charge in [-0.25, -0.2) is 5.43 Å². The largest absolute Gasteiger partial charge is 0.243 e. The molecule has 0 aromatic heterocycles. The van der Waals surface area contributed by atoms with Crippen LogP contribution in [0.3, 0.4) is 0 Å². The summed E-state index contributed by atoms with van der Waals surface area (Å²) in [6.45, 7) is 0.804. The number of hydrogen-bond donors (Lipinski definition) is 2. The highest BCUT2D eigenvalue weighted by Gasteiger charge is 1.89. The average molecular weight is 280 g/mol. The molecule has 0 radical (unpaired) electrons. The Morgan fingerprint density at radius 1 is 1.18 bits per heavy atom. The number of nitrogens with one attached hydrogen (secondary N) is 2. The van der Waals surface area contributed by atoms with Crippen LogP contribution in [0.5, 0.6) is 0 Å². The van der Waals surface area contributed by atoms with E-state index in [-0.39, 0.29) is 0 Å². The molecule has 0 saturated heterocycles. The third-order valence-corrected chi connectivity index (χ3v) is 2.08. The molecule has 4 heteroatoms. The van der Waals surface area contributed by atoms with Gasteiger partial charge in [-0.2, -0.15) is 4.45 Å². The van der Waals surface area contributed by atoms with E-state index in [0.717, 1.165) is 11.0 Å². The summed E-state index contributed by atoms with van der Waals surface area (Å²) in [6.07, 6.45) is 0. The highest BCUT2D eigenvalue weighted by Crippen LogP contribution is 2.09. The van der Waals surface area contributed by atoms with E-state index in [1.807, 2.05) is 12.1 Å². The van der Waals surface area contributed by atoms with Gasteiger partial charge in [0.15, 0.2) is 0 Å². The van der Waals surface area contributed by atoms with E-state index in [9.17, 15) is 0 Å². The number of rotatable bonds is 3. The summed E-state index contributed by atoms with van der Waals surface area (Å²) in [7, 11) is 0. The van der Waals surface area contributed by atoms with Crippen LogP contribution in [0.2, 0.25) is 0 Å². The summed E-state index contributed by atoms with van der Waals surface area (Å²) in [5, 5.41) is 0. The minimum atomic E-state index is 0.804. The predicted molar refractivity (Wildman–Crippen MR) is 53.0 cm³/mol. The molecule has 0 saturated carbocycles. The molecule has 0 aliphatic carbocycles. The van der Waals surface area contributed by atoms with Crippen molar-refractivity contribution in [1.29, 1.82) is 0 Å². The molecule has 0 atom stereocenters. The van der Waals surface area contributed by atoms with Gasteiger partial charge in [-0.05, 0) is 17.7 Å². The number of hydrogen-bond acceptors (Lipinski definition) is 2. The van der Waals surface area contributed by atoms with Gasteiger partial charge in [0.1, 0.15) is 0 Å². The Hall–Kier alpha value is 0.100. The minimum absolute atomic E-state index is 0.804. The number of hydrazine groups is 1. The quantitative estimate of drug-likeness (QED) is 0.656. The van der Waals surface area contributed by atoms with Crippen molar-refractivity contribution in [3.63, 3.8) is 0 Å². The molecule has 1 aromatic carbocycles. The Morgan fingerprint density at radius 3 is 2.36 bits per heavy atom. The standard InChI is InChI=1S/C7H8Br2N2/c8-7-3-1-6(2-4-7)5-10-11-9/h1-4,10-11H,5H2. The van der Waals surface area contributed by atoms with Gasteiger partial charge < -0.3 is 0 Å². The maximum Gasteiger partial charge on any atom is 0.0359 e. The molecule has 0 unspecified atom stereocenters. The summed E-state index contributed by atoms with van der Waals surface area (Å²) < 4.78 is 3.79. The van der Waals surface area contributed by atoms with Gasteiger partial charge in [0.25, 0.3) is 0 Å². The lowest BCUT2D eigenvalue weighted by molar-refractivity contribution is 0.695. The third-order valence-electron chi connectivity index (χ3n) is 1.27. The van der Waals surface area contributed by atoms with Crippen molar-refractivity contribution in [3.05, 3.63) is 34.3 Å². The monoisotopic (exact) mass is 278 g/mol. The van der Waals surface area contributed by atoms with Crippen molar-refractivity contribution in [3.8, 4) is 0 Å². The zero-order chi connectivity index (χ0) is 8.10. The molecular weight excluding hydrogens is 272 g/mol. The minimum Gasteiger partial charge on any atom is -0.243 e. The van der Waals surface area contributed by atoms with Gasteiger partial charge in [-0.3, -0.25) is 0 Å². The van der Waals surface area contributed by atoms with Crippen molar-refractivity contribution in [2.75, 3.05) is 0 Å². The molecule has 1 aromatic rings. The fraction of sp³-hybridized carbons (Fsp3) is 0.143. The molecule has 2 nitrogen and oxygen atoms in total. The molecule has 2 N–H and O–H groups in total. The van der Waals surface area contributed by atoms with Gasteiger partial charge in [-0.1, -0.05) is 28.1 Å². The van der Waals surface area contributed by atoms with Crippen molar-refractivity contribution in [2.24, 2.45) is 0 Å². The first-order valence-corrected chi connectivity index (χ1v) is 4.74. The van der Waals surface area contributed by atoms with Crippen molar-refractivity contribution >= 4 is 32.1 Å². The maximum atomic E-state index is 3.37. The third kappa shape index (κ3) is 3.33. The van der Waals surface area contributed by atoms with E-state index < -0.39 is 0 Å². The first kappa shape index (κ1) is 9.19. The predicted octanol–water partition coefficient (Wildman–Crippen LogP) is 2.35. The Labute approximate surface area is 82.8 Å². The zero-order valence-corrected chi connectivity index (χ0v) is 8.94. The van der Waals surface area contributed by atoms with Crippen LogP contribution in [-0.2, 0) is 6.54 Å². The first-order valence-electron chi connectivity index (χ1n) is 3.16. The topological polar surface area (TPSA) is 24.1 Å². The second-order valence-corrected chi connectivity index (χ2v) is 3.39. The van der Waals surface area contributed by atoms with E-state index in [4.69, 9.17) is 0 Å². The second-order valence-electron chi connectivity index (χ2n) is 2.07. The van der Waals surface area contributed by atoms with Crippen LogP contribution in [0, 0.1) is 0 Å². The summed E-state index contributed by atoms with van der Waals surface area (Å²) in [5.74, 6) is 0. The van der Waals surface area contributed by atoms with E-state index in [2.05, 4.69) is 54.1 Å². The average Bonchev–Trinajstić information content (AvgIpc) is 2.04. The van der Waals surface area contributed by atoms with Crippen LogP contribution in [0.25, 0.3) is 0 Å². The maximum absolute atomic E-state index is 3.37. The summed E-state index contributed by atoms with van der Waals surface area (Å²) >= 11 is 6.42. The van der Waals surface area contributed by atoms with Crippen LogP contribution in [0.15, 0.2) is 28.7 Å². The fourth-order valence-corrected chi connectivity index (χ4v) is 1.14. The second kappa shape index (κ2) is 4.87. The molecule has 11 heavy (non-hydrogen) atoms. The Bertz CT molecular complexity index is 210. The Kier molecular flexibility index (Phi) is 4.07. The molecule has 60 valence electrons. The molecule has 0 aliphatic rings. The molecule has 0 amide bonds. The van der Waals surface area contributed by atoms with Crippen LogP contribution in [0.1, 0.15) is 5.56 Å². The lowest BCUT2D eigenvalue weighted by atomic mass is 10.2. The van der Waals surface area contributed by atoms with Gasteiger partial charge >= 0.3 is 0 Å². The summed E-state index contributed by atoms with van der Waals surface area (Å²) in [6, 6.07) is 8.15. The molecular formula is C7H8Br2N2. The van der Waals surface area contributed by atoms with Crippen LogP contribution < -0.4 is 9.88 Å². The SMILES string of the molecule is BrNNCc1ccc(Br)cc1. The van der Waals surface area contributed by atoms with Gasteiger partial charge in [0.2, 0.25) is 0 Å². The van der Waals surface area contributed by atoms with Crippen LogP contribution in [0.4, 0.5) is 0 Å². The fourth-order valence-electron chi connectivity index (χ4n) is 0.738. The normalized spacial score (nSPS) is 10.0. The summed E-state index contributed by atoms with van der Waals surface area (Å²) in [4.78, 5) is 0. The highest BCUT2D eigenvalue weighted by atomic mass is 79.9. The van der Waals surface area contributed by atoms with Gasteiger partial charge in [0, 0.05) is 27.2 Å². The molecule has 0 spiro atoms. The molecule has 0 fully saturated rings. The van der Waals surface area contributed by atoms with Gasteiger partial charge in [-0.15, -0.1) is 0 Å². The molecule has 0 aliphatic heterocycles. The Balaban J connectivity index is 2.52. The lowest BCUT2D eigenvalue weighted by Crippen LogP contribution is -2.21. The van der Waals surface area contributed by atoms with Crippen LogP contribution in [-0.4, -0.2) is 0 Å². The van der Waals surface area contributed by atoms with E-state index in [1.54, 1.807) is 0 Å². The van der Waals surface area contributed by atoms with Crippen molar-refractivity contribution in [2.45, 2.75) is 6.54 Å².